The van der Waals surface area contributed by atoms with Crippen molar-refractivity contribution in [1.29, 1.82) is 0 Å². The molecule has 0 aliphatic carbocycles. The molecule has 92 valence electrons. The molecule has 1 aromatic rings. The summed E-state index contributed by atoms with van der Waals surface area (Å²) in [7, 11) is 0. The van der Waals surface area contributed by atoms with Crippen molar-refractivity contribution < 1.29 is 4.79 Å². The van der Waals surface area contributed by atoms with Gasteiger partial charge in [0.2, 0.25) is 0 Å². The SMILES string of the molecule is CC[C@H](C)[C@@H]1C[C@@H](Cc2ccccc2)C(=O)S1. The van der Waals surface area contributed by atoms with Gasteiger partial charge in [0.1, 0.15) is 0 Å². The Bertz CT molecular complexity index is 374. The Hall–Kier alpha value is -0.760. The molecule has 0 aromatic heterocycles. The smallest absolute Gasteiger partial charge is 0.192 e. The summed E-state index contributed by atoms with van der Waals surface area (Å²) in [5.74, 6) is 0.895. The molecule has 17 heavy (non-hydrogen) atoms. The molecule has 3 atom stereocenters. The highest BCUT2D eigenvalue weighted by molar-refractivity contribution is 8.14. The molecule has 1 fully saturated rings. The van der Waals surface area contributed by atoms with Crippen LogP contribution in [0.3, 0.4) is 0 Å². The molecule has 0 amide bonds. The summed E-state index contributed by atoms with van der Waals surface area (Å²) in [5, 5.41) is 0.945. The fraction of sp³-hybridized carbons (Fsp3) is 0.533. The van der Waals surface area contributed by atoms with Gasteiger partial charge < -0.3 is 0 Å². The first-order valence-electron chi connectivity index (χ1n) is 6.45. The van der Waals surface area contributed by atoms with Gasteiger partial charge in [-0.05, 0) is 24.3 Å². The Morgan fingerprint density at radius 3 is 2.71 bits per heavy atom. The summed E-state index contributed by atoms with van der Waals surface area (Å²) in [6.45, 7) is 4.47. The minimum atomic E-state index is 0.237. The van der Waals surface area contributed by atoms with E-state index in [4.69, 9.17) is 0 Å². The van der Waals surface area contributed by atoms with E-state index in [2.05, 4.69) is 26.0 Å². The molecule has 0 spiro atoms. The predicted molar refractivity (Wildman–Crippen MR) is 74.1 cm³/mol. The van der Waals surface area contributed by atoms with E-state index in [0.29, 0.717) is 16.3 Å². The predicted octanol–water partition coefficient (Wildman–Crippen LogP) is 3.92. The van der Waals surface area contributed by atoms with Crippen molar-refractivity contribution in [1.82, 2.24) is 0 Å². The molecule has 0 radical (unpaired) electrons. The van der Waals surface area contributed by atoms with Crippen molar-refractivity contribution in [2.45, 2.75) is 38.4 Å². The van der Waals surface area contributed by atoms with E-state index >= 15 is 0 Å². The number of carbonyl (C=O) groups is 1. The molecule has 1 nitrogen and oxygen atoms in total. The normalized spacial score (nSPS) is 26.1. The summed E-state index contributed by atoms with van der Waals surface area (Å²) in [4.78, 5) is 12.0. The molecule has 2 heteroatoms. The van der Waals surface area contributed by atoms with Gasteiger partial charge in [-0.3, -0.25) is 4.79 Å². The maximum absolute atomic E-state index is 12.0. The first-order chi connectivity index (χ1) is 8.20. The minimum absolute atomic E-state index is 0.237. The monoisotopic (exact) mass is 248 g/mol. The lowest BCUT2D eigenvalue weighted by atomic mass is 9.91. The van der Waals surface area contributed by atoms with Crippen molar-refractivity contribution in [3.63, 3.8) is 0 Å². The van der Waals surface area contributed by atoms with Crippen LogP contribution in [0.4, 0.5) is 0 Å². The summed E-state index contributed by atoms with van der Waals surface area (Å²) in [6, 6.07) is 10.4. The second-order valence-electron chi connectivity index (χ2n) is 4.98. The molecule has 1 saturated heterocycles. The van der Waals surface area contributed by atoms with Gasteiger partial charge in [0.15, 0.2) is 5.12 Å². The number of hydrogen-bond acceptors (Lipinski definition) is 2. The molecule has 0 saturated carbocycles. The molecule has 1 aliphatic rings. The van der Waals surface area contributed by atoms with E-state index in [9.17, 15) is 4.79 Å². The Kier molecular flexibility index (Phi) is 4.27. The first-order valence-corrected chi connectivity index (χ1v) is 7.33. The standard InChI is InChI=1S/C15H20OS/c1-3-11(2)14-10-13(15(16)17-14)9-12-7-5-4-6-8-12/h4-8,11,13-14H,3,9-10H2,1-2H3/t11-,13+,14-/m0/s1. The lowest BCUT2D eigenvalue weighted by molar-refractivity contribution is -0.113. The van der Waals surface area contributed by atoms with E-state index in [-0.39, 0.29) is 5.92 Å². The molecular formula is C15H20OS. The Morgan fingerprint density at radius 1 is 1.35 bits per heavy atom. The average Bonchev–Trinajstić information content (AvgIpc) is 2.71. The van der Waals surface area contributed by atoms with Crippen LogP contribution in [-0.2, 0) is 11.2 Å². The van der Waals surface area contributed by atoms with Crippen LogP contribution < -0.4 is 0 Å². The van der Waals surface area contributed by atoms with E-state index < -0.39 is 0 Å². The van der Waals surface area contributed by atoms with Crippen LogP contribution in [0.2, 0.25) is 0 Å². The van der Waals surface area contributed by atoms with Crippen LogP contribution in [-0.4, -0.2) is 10.4 Å². The van der Waals surface area contributed by atoms with Crippen molar-refractivity contribution in [2.75, 3.05) is 0 Å². The highest BCUT2D eigenvalue weighted by atomic mass is 32.2. The van der Waals surface area contributed by atoms with E-state index in [1.165, 1.54) is 12.0 Å². The highest BCUT2D eigenvalue weighted by Gasteiger charge is 2.35. The molecule has 0 unspecified atom stereocenters. The van der Waals surface area contributed by atoms with Crippen molar-refractivity contribution in [3.8, 4) is 0 Å². The Morgan fingerprint density at radius 2 is 2.06 bits per heavy atom. The van der Waals surface area contributed by atoms with Gasteiger partial charge in [0.25, 0.3) is 0 Å². The van der Waals surface area contributed by atoms with E-state index in [1.807, 2.05) is 18.2 Å². The molecular weight excluding hydrogens is 228 g/mol. The lowest BCUT2D eigenvalue weighted by Crippen LogP contribution is -2.12. The van der Waals surface area contributed by atoms with Gasteiger partial charge in [0.05, 0.1) is 0 Å². The van der Waals surface area contributed by atoms with Gasteiger partial charge in [-0.1, -0.05) is 62.4 Å². The van der Waals surface area contributed by atoms with Crippen molar-refractivity contribution >= 4 is 16.9 Å². The first kappa shape index (κ1) is 12.7. The average molecular weight is 248 g/mol. The second kappa shape index (κ2) is 5.72. The molecule has 1 aliphatic heterocycles. The van der Waals surface area contributed by atoms with E-state index in [0.717, 1.165) is 12.8 Å². The minimum Gasteiger partial charge on any atom is -0.287 e. The van der Waals surface area contributed by atoms with Gasteiger partial charge >= 0.3 is 0 Å². The number of hydrogen-bond donors (Lipinski definition) is 0. The highest BCUT2D eigenvalue weighted by Crippen LogP contribution is 2.39. The zero-order valence-electron chi connectivity index (χ0n) is 10.6. The molecule has 0 bridgehead atoms. The maximum Gasteiger partial charge on any atom is 0.192 e. The van der Waals surface area contributed by atoms with Gasteiger partial charge in [-0.2, -0.15) is 0 Å². The molecule has 1 heterocycles. The summed E-state index contributed by atoms with van der Waals surface area (Å²) >= 11 is 1.59. The van der Waals surface area contributed by atoms with Crippen LogP contribution >= 0.6 is 11.8 Å². The van der Waals surface area contributed by atoms with Crippen LogP contribution in [0.15, 0.2) is 30.3 Å². The number of thioether (sulfide) groups is 1. The molecule has 2 rings (SSSR count). The van der Waals surface area contributed by atoms with Crippen LogP contribution in [0, 0.1) is 11.8 Å². The Balaban J connectivity index is 1.97. The van der Waals surface area contributed by atoms with Crippen LogP contribution in [0.5, 0.6) is 0 Å². The van der Waals surface area contributed by atoms with Gasteiger partial charge in [0, 0.05) is 11.2 Å². The summed E-state index contributed by atoms with van der Waals surface area (Å²) in [6.07, 6.45) is 3.15. The topological polar surface area (TPSA) is 17.1 Å². The van der Waals surface area contributed by atoms with Crippen LogP contribution in [0.25, 0.3) is 0 Å². The fourth-order valence-electron chi connectivity index (χ4n) is 2.35. The van der Waals surface area contributed by atoms with Crippen molar-refractivity contribution in [2.24, 2.45) is 11.8 Å². The maximum atomic E-state index is 12.0. The number of rotatable bonds is 4. The third-order valence-corrected chi connectivity index (χ3v) is 5.25. The number of carbonyl (C=O) groups excluding carboxylic acids is 1. The lowest BCUT2D eigenvalue weighted by Gasteiger charge is -2.15. The Labute approximate surface area is 108 Å². The third-order valence-electron chi connectivity index (χ3n) is 3.72. The zero-order chi connectivity index (χ0) is 12.3. The second-order valence-corrected chi connectivity index (χ2v) is 6.23. The van der Waals surface area contributed by atoms with Crippen LogP contribution in [0.1, 0.15) is 32.3 Å². The van der Waals surface area contributed by atoms with Gasteiger partial charge in [-0.25, -0.2) is 0 Å². The molecule has 0 N–H and O–H groups in total. The quantitative estimate of drug-likeness (QED) is 0.803. The van der Waals surface area contributed by atoms with E-state index in [1.54, 1.807) is 11.8 Å². The summed E-state index contributed by atoms with van der Waals surface area (Å²) in [5.41, 5.74) is 1.29. The third kappa shape index (κ3) is 3.12. The largest absolute Gasteiger partial charge is 0.287 e. The van der Waals surface area contributed by atoms with Gasteiger partial charge in [-0.15, -0.1) is 0 Å². The molecule has 1 aromatic carbocycles. The number of benzene rings is 1. The summed E-state index contributed by atoms with van der Waals surface area (Å²) < 4.78 is 0. The van der Waals surface area contributed by atoms with Crippen molar-refractivity contribution in [3.05, 3.63) is 35.9 Å². The zero-order valence-corrected chi connectivity index (χ0v) is 11.4. The fourth-order valence-corrected chi connectivity index (χ4v) is 3.77.